The lowest BCUT2D eigenvalue weighted by Gasteiger charge is -2.26. The molecule has 0 saturated carbocycles. The zero-order valence-electron chi connectivity index (χ0n) is 14.2. The van der Waals surface area contributed by atoms with Crippen molar-refractivity contribution in [2.24, 2.45) is 0 Å². The van der Waals surface area contributed by atoms with Gasteiger partial charge in [-0.1, -0.05) is 6.07 Å². The Kier molecular flexibility index (Phi) is 5.44. The summed E-state index contributed by atoms with van der Waals surface area (Å²) in [4.78, 5) is 31.3. The van der Waals surface area contributed by atoms with Crippen LogP contribution in [0, 0.1) is 0 Å². The van der Waals surface area contributed by atoms with E-state index in [-0.39, 0.29) is 23.2 Å². The SMILES string of the molecule is C[C@H](OC(=O)c1csc(-c2cccs2)n1)C(=O)N(C)[C@H]1CCS(=O)(=O)C1. The first-order valence-electron chi connectivity index (χ1n) is 7.94. The molecule has 0 N–H and O–H groups in total. The van der Waals surface area contributed by atoms with E-state index in [2.05, 4.69) is 4.98 Å². The fraction of sp³-hybridized carbons (Fsp3) is 0.438. The molecule has 10 heteroatoms. The van der Waals surface area contributed by atoms with E-state index < -0.39 is 27.8 Å². The van der Waals surface area contributed by atoms with E-state index in [0.717, 1.165) is 9.88 Å². The number of likely N-dealkylation sites (N-methyl/N-ethyl adjacent to an activating group) is 1. The molecule has 0 aromatic carbocycles. The standard InChI is InChI=1S/C16H18N2O5S3/c1-10(15(19)18(2)11-5-7-26(21,22)9-11)23-16(20)12-8-25-14(17-12)13-4-3-6-24-13/h3-4,6,8,10-11H,5,7,9H2,1-2H3/t10-,11-/m0/s1. The number of rotatable bonds is 5. The van der Waals surface area contributed by atoms with Gasteiger partial charge in [0, 0.05) is 18.5 Å². The molecule has 3 heterocycles. The number of sulfone groups is 1. The molecule has 26 heavy (non-hydrogen) atoms. The minimum absolute atomic E-state index is 0.0494. The first-order valence-corrected chi connectivity index (χ1v) is 11.5. The second-order valence-electron chi connectivity index (χ2n) is 6.07. The minimum Gasteiger partial charge on any atom is -0.448 e. The molecule has 2 atom stereocenters. The second-order valence-corrected chi connectivity index (χ2v) is 10.1. The summed E-state index contributed by atoms with van der Waals surface area (Å²) in [6.45, 7) is 1.48. The van der Waals surface area contributed by atoms with Crippen LogP contribution in [0.2, 0.25) is 0 Å². The number of nitrogens with zero attached hydrogens (tertiary/aromatic N) is 2. The molecule has 3 rings (SSSR count). The highest BCUT2D eigenvalue weighted by molar-refractivity contribution is 7.91. The van der Waals surface area contributed by atoms with Crippen molar-refractivity contribution in [1.82, 2.24) is 9.88 Å². The topological polar surface area (TPSA) is 93.6 Å². The zero-order valence-corrected chi connectivity index (χ0v) is 16.7. The molecule has 0 unspecified atom stereocenters. The third-order valence-corrected chi connectivity index (χ3v) is 7.81. The fourth-order valence-corrected chi connectivity index (χ4v) is 6.08. The van der Waals surface area contributed by atoms with Crippen LogP contribution < -0.4 is 0 Å². The lowest BCUT2D eigenvalue weighted by Crippen LogP contribution is -2.44. The van der Waals surface area contributed by atoms with Gasteiger partial charge in [-0.25, -0.2) is 18.2 Å². The second kappa shape index (κ2) is 7.45. The summed E-state index contributed by atoms with van der Waals surface area (Å²) in [7, 11) is -1.56. The summed E-state index contributed by atoms with van der Waals surface area (Å²) >= 11 is 2.86. The Morgan fingerprint density at radius 1 is 1.38 bits per heavy atom. The summed E-state index contributed by atoms with van der Waals surface area (Å²) in [6.07, 6.45) is -0.607. The first-order chi connectivity index (χ1) is 12.3. The van der Waals surface area contributed by atoms with E-state index in [1.807, 2.05) is 17.5 Å². The Morgan fingerprint density at radius 2 is 2.15 bits per heavy atom. The number of thiophene rings is 1. The largest absolute Gasteiger partial charge is 0.448 e. The molecule has 0 radical (unpaired) electrons. The average Bonchev–Trinajstić information content (AvgIpc) is 3.32. The molecule has 140 valence electrons. The number of hydrogen-bond donors (Lipinski definition) is 0. The molecule has 0 bridgehead atoms. The Morgan fingerprint density at radius 3 is 2.77 bits per heavy atom. The number of amides is 1. The fourth-order valence-electron chi connectivity index (χ4n) is 2.70. The molecule has 0 spiro atoms. The maximum absolute atomic E-state index is 12.4. The molecule has 2 aromatic rings. The molecule has 7 nitrogen and oxygen atoms in total. The number of aromatic nitrogens is 1. The summed E-state index contributed by atoms with van der Waals surface area (Å²) in [5, 5.41) is 4.25. The number of carbonyl (C=O) groups excluding carboxylic acids is 2. The van der Waals surface area contributed by atoms with Gasteiger partial charge >= 0.3 is 5.97 Å². The third-order valence-electron chi connectivity index (χ3n) is 4.18. The van der Waals surface area contributed by atoms with E-state index in [9.17, 15) is 18.0 Å². The maximum Gasteiger partial charge on any atom is 0.358 e. The van der Waals surface area contributed by atoms with Crippen molar-refractivity contribution in [3.8, 4) is 9.88 Å². The molecule has 2 aromatic heterocycles. The predicted molar refractivity (Wildman–Crippen MR) is 100 cm³/mol. The van der Waals surface area contributed by atoms with Crippen LogP contribution in [0.4, 0.5) is 0 Å². The van der Waals surface area contributed by atoms with Crippen molar-refractivity contribution in [2.75, 3.05) is 18.6 Å². The predicted octanol–water partition coefficient (Wildman–Crippen LogP) is 2.06. The van der Waals surface area contributed by atoms with Crippen molar-refractivity contribution in [2.45, 2.75) is 25.5 Å². The van der Waals surface area contributed by atoms with Gasteiger partial charge in [0.05, 0.1) is 16.4 Å². The van der Waals surface area contributed by atoms with Gasteiger partial charge in [-0.05, 0) is 24.8 Å². The van der Waals surface area contributed by atoms with Gasteiger partial charge < -0.3 is 9.64 Å². The molecule has 1 aliphatic rings. The number of ether oxygens (including phenoxy) is 1. The Labute approximate surface area is 159 Å². The van der Waals surface area contributed by atoms with Gasteiger partial charge in [0.1, 0.15) is 5.01 Å². The van der Waals surface area contributed by atoms with Crippen molar-refractivity contribution >= 4 is 44.4 Å². The quantitative estimate of drug-likeness (QED) is 0.695. The van der Waals surface area contributed by atoms with Crippen LogP contribution in [-0.4, -0.2) is 60.9 Å². The average molecular weight is 415 g/mol. The first kappa shape index (κ1) is 19.0. The molecular formula is C16H18N2O5S3. The van der Waals surface area contributed by atoms with Crippen LogP contribution in [0.1, 0.15) is 23.8 Å². The Balaban J connectivity index is 1.61. The van der Waals surface area contributed by atoms with Crippen LogP contribution in [0.25, 0.3) is 9.88 Å². The molecular weight excluding hydrogens is 396 g/mol. The number of thiazole rings is 1. The van der Waals surface area contributed by atoms with E-state index in [1.54, 1.807) is 5.38 Å². The lowest BCUT2D eigenvalue weighted by molar-refractivity contribution is -0.140. The molecule has 1 saturated heterocycles. The van der Waals surface area contributed by atoms with Crippen LogP contribution in [-0.2, 0) is 19.4 Å². The van der Waals surface area contributed by atoms with Crippen molar-refractivity contribution in [1.29, 1.82) is 0 Å². The zero-order chi connectivity index (χ0) is 18.9. The van der Waals surface area contributed by atoms with Crippen molar-refractivity contribution in [3.05, 3.63) is 28.6 Å². The monoisotopic (exact) mass is 414 g/mol. The Bertz CT molecular complexity index is 904. The highest BCUT2D eigenvalue weighted by Crippen LogP contribution is 2.28. The molecule has 0 aliphatic carbocycles. The number of hydrogen-bond acceptors (Lipinski definition) is 8. The Hall–Kier alpha value is -1.78. The van der Waals surface area contributed by atoms with Gasteiger partial charge in [-0.3, -0.25) is 4.79 Å². The highest BCUT2D eigenvalue weighted by atomic mass is 32.2. The summed E-state index contributed by atoms with van der Waals surface area (Å²) in [6, 6.07) is 3.44. The van der Waals surface area contributed by atoms with Gasteiger partial charge in [0.2, 0.25) is 0 Å². The normalized spacial score (nSPS) is 19.8. The highest BCUT2D eigenvalue weighted by Gasteiger charge is 2.35. The van der Waals surface area contributed by atoms with Crippen LogP contribution in [0.5, 0.6) is 0 Å². The van der Waals surface area contributed by atoms with Gasteiger partial charge in [-0.15, -0.1) is 22.7 Å². The van der Waals surface area contributed by atoms with Crippen LogP contribution in [0.3, 0.4) is 0 Å². The minimum atomic E-state index is -3.09. The number of esters is 1. The molecule has 1 fully saturated rings. The van der Waals surface area contributed by atoms with E-state index in [0.29, 0.717) is 6.42 Å². The summed E-state index contributed by atoms with van der Waals surface area (Å²) in [5.74, 6) is -1.06. The van der Waals surface area contributed by atoms with Gasteiger partial charge in [-0.2, -0.15) is 0 Å². The molecule has 1 aliphatic heterocycles. The van der Waals surface area contributed by atoms with Crippen molar-refractivity contribution in [3.63, 3.8) is 0 Å². The van der Waals surface area contributed by atoms with Crippen LogP contribution in [0.15, 0.2) is 22.9 Å². The maximum atomic E-state index is 12.4. The lowest BCUT2D eigenvalue weighted by atomic mass is 10.2. The summed E-state index contributed by atoms with van der Waals surface area (Å²) in [5.41, 5.74) is 0.157. The number of carbonyl (C=O) groups is 2. The van der Waals surface area contributed by atoms with E-state index in [4.69, 9.17) is 4.74 Å². The van der Waals surface area contributed by atoms with Crippen molar-refractivity contribution < 1.29 is 22.7 Å². The smallest absolute Gasteiger partial charge is 0.358 e. The molecule has 1 amide bonds. The van der Waals surface area contributed by atoms with Gasteiger partial charge in [0.25, 0.3) is 5.91 Å². The van der Waals surface area contributed by atoms with E-state index >= 15 is 0 Å². The van der Waals surface area contributed by atoms with Gasteiger partial charge in [0.15, 0.2) is 21.6 Å². The van der Waals surface area contributed by atoms with Crippen LogP contribution >= 0.6 is 22.7 Å². The summed E-state index contributed by atoms with van der Waals surface area (Å²) < 4.78 is 28.4. The van der Waals surface area contributed by atoms with E-state index in [1.165, 1.54) is 41.5 Å². The third kappa shape index (κ3) is 4.13.